The molecule has 7 heteroatoms. The van der Waals surface area contributed by atoms with Gasteiger partial charge in [0, 0.05) is 19.5 Å². The number of hydrogen-bond donors (Lipinski definition) is 0. The van der Waals surface area contributed by atoms with Gasteiger partial charge >= 0.3 is 12.1 Å². The molecule has 0 aromatic heterocycles. The molecule has 33 heavy (non-hydrogen) atoms. The van der Waals surface area contributed by atoms with Crippen LogP contribution in [0.5, 0.6) is 0 Å². The SMILES string of the molecule is COC(=O)C(CC(C)C)N1CCN(C(=O)OCc2ccccc2)C(Cc2ccccc2)C1=O. The summed E-state index contributed by atoms with van der Waals surface area (Å²) in [6.07, 6.45) is 0.299. The molecule has 2 amide bonds. The van der Waals surface area contributed by atoms with Gasteiger partial charge in [-0.3, -0.25) is 9.69 Å². The molecule has 0 spiro atoms. The number of hydrogen-bond acceptors (Lipinski definition) is 5. The van der Waals surface area contributed by atoms with E-state index in [0.29, 0.717) is 12.8 Å². The van der Waals surface area contributed by atoms with Crippen molar-refractivity contribution in [3.05, 3.63) is 71.8 Å². The second-order valence-corrected chi connectivity index (χ2v) is 8.64. The number of carbonyl (C=O) groups excluding carboxylic acids is 3. The molecule has 1 aliphatic rings. The van der Waals surface area contributed by atoms with Crippen LogP contribution in [0.2, 0.25) is 0 Å². The van der Waals surface area contributed by atoms with Crippen LogP contribution in [0.15, 0.2) is 60.7 Å². The van der Waals surface area contributed by atoms with Crippen LogP contribution < -0.4 is 0 Å². The summed E-state index contributed by atoms with van der Waals surface area (Å²) in [5, 5.41) is 0. The molecule has 0 bridgehead atoms. The number of ether oxygens (including phenoxy) is 2. The van der Waals surface area contributed by atoms with Crippen LogP contribution in [-0.4, -0.2) is 60.1 Å². The molecule has 1 heterocycles. The lowest BCUT2D eigenvalue weighted by Crippen LogP contribution is -2.63. The normalized spacial score (nSPS) is 17.1. The highest BCUT2D eigenvalue weighted by Crippen LogP contribution is 2.23. The third-order valence-corrected chi connectivity index (χ3v) is 5.78. The summed E-state index contributed by atoms with van der Waals surface area (Å²) in [5.41, 5.74) is 1.80. The van der Waals surface area contributed by atoms with Gasteiger partial charge in [0.15, 0.2) is 0 Å². The average molecular weight is 453 g/mol. The number of methoxy groups -OCH3 is 1. The molecule has 176 valence electrons. The Morgan fingerprint density at radius 3 is 2.15 bits per heavy atom. The second-order valence-electron chi connectivity index (χ2n) is 8.64. The van der Waals surface area contributed by atoms with Gasteiger partial charge in [-0.05, 0) is 23.5 Å². The van der Waals surface area contributed by atoms with E-state index < -0.39 is 24.1 Å². The molecule has 0 aliphatic carbocycles. The minimum absolute atomic E-state index is 0.129. The van der Waals surface area contributed by atoms with Gasteiger partial charge in [0.1, 0.15) is 18.7 Å². The number of carbonyl (C=O) groups is 3. The monoisotopic (exact) mass is 452 g/mol. The maximum atomic E-state index is 13.6. The van der Waals surface area contributed by atoms with E-state index >= 15 is 0 Å². The predicted molar refractivity (Wildman–Crippen MR) is 124 cm³/mol. The van der Waals surface area contributed by atoms with Gasteiger partial charge in [-0.1, -0.05) is 74.5 Å². The van der Waals surface area contributed by atoms with Crippen molar-refractivity contribution in [1.29, 1.82) is 0 Å². The molecule has 2 atom stereocenters. The van der Waals surface area contributed by atoms with Crippen LogP contribution in [0.3, 0.4) is 0 Å². The lowest BCUT2D eigenvalue weighted by atomic mass is 9.97. The van der Waals surface area contributed by atoms with Crippen LogP contribution in [0.1, 0.15) is 31.4 Å². The number of amides is 2. The van der Waals surface area contributed by atoms with E-state index in [4.69, 9.17) is 9.47 Å². The molecule has 2 aromatic carbocycles. The van der Waals surface area contributed by atoms with Crippen LogP contribution in [0.25, 0.3) is 0 Å². The van der Waals surface area contributed by atoms with E-state index in [9.17, 15) is 14.4 Å². The lowest BCUT2D eigenvalue weighted by molar-refractivity contribution is -0.158. The minimum Gasteiger partial charge on any atom is -0.467 e. The van der Waals surface area contributed by atoms with Crippen molar-refractivity contribution in [3.8, 4) is 0 Å². The van der Waals surface area contributed by atoms with E-state index in [1.807, 2.05) is 74.5 Å². The quantitative estimate of drug-likeness (QED) is 0.572. The molecule has 7 nitrogen and oxygen atoms in total. The molecule has 0 saturated carbocycles. The Morgan fingerprint density at radius 2 is 1.58 bits per heavy atom. The summed E-state index contributed by atoms with van der Waals surface area (Å²) < 4.78 is 10.5. The van der Waals surface area contributed by atoms with E-state index in [1.165, 1.54) is 12.0 Å². The van der Waals surface area contributed by atoms with Crippen molar-refractivity contribution in [2.45, 2.75) is 45.4 Å². The summed E-state index contributed by atoms with van der Waals surface area (Å²) in [4.78, 5) is 42.2. The van der Waals surface area contributed by atoms with Crippen molar-refractivity contribution in [3.63, 3.8) is 0 Å². The van der Waals surface area contributed by atoms with E-state index in [-0.39, 0.29) is 31.5 Å². The Bertz CT molecular complexity index is 932. The number of rotatable bonds is 8. The highest BCUT2D eigenvalue weighted by molar-refractivity contribution is 5.91. The highest BCUT2D eigenvalue weighted by Gasteiger charge is 2.43. The van der Waals surface area contributed by atoms with Crippen LogP contribution in [0, 0.1) is 5.92 Å². The van der Waals surface area contributed by atoms with Gasteiger partial charge in [-0.25, -0.2) is 9.59 Å². The van der Waals surface area contributed by atoms with Crippen molar-refractivity contribution < 1.29 is 23.9 Å². The fraction of sp³-hybridized carbons (Fsp3) is 0.423. The van der Waals surface area contributed by atoms with Gasteiger partial charge in [-0.2, -0.15) is 0 Å². The van der Waals surface area contributed by atoms with Crippen molar-refractivity contribution in [1.82, 2.24) is 9.80 Å². The van der Waals surface area contributed by atoms with Gasteiger partial charge in [-0.15, -0.1) is 0 Å². The Kier molecular flexibility index (Phi) is 8.46. The smallest absolute Gasteiger partial charge is 0.410 e. The fourth-order valence-corrected chi connectivity index (χ4v) is 4.10. The number of esters is 1. The molecular weight excluding hydrogens is 420 g/mol. The summed E-state index contributed by atoms with van der Waals surface area (Å²) in [5.74, 6) is -0.503. The fourth-order valence-electron chi connectivity index (χ4n) is 4.10. The minimum atomic E-state index is -0.760. The largest absolute Gasteiger partial charge is 0.467 e. The first-order valence-electron chi connectivity index (χ1n) is 11.3. The van der Waals surface area contributed by atoms with Gasteiger partial charge in [0.2, 0.25) is 5.91 Å². The van der Waals surface area contributed by atoms with Gasteiger partial charge < -0.3 is 14.4 Å². The predicted octanol–water partition coefficient (Wildman–Crippen LogP) is 3.67. The highest BCUT2D eigenvalue weighted by atomic mass is 16.6. The van der Waals surface area contributed by atoms with E-state index in [1.54, 1.807) is 4.90 Å². The Balaban J connectivity index is 1.82. The molecule has 1 aliphatic heterocycles. The summed E-state index contributed by atoms with van der Waals surface area (Å²) in [7, 11) is 1.33. The maximum absolute atomic E-state index is 13.6. The second kappa shape index (κ2) is 11.5. The van der Waals surface area contributed by atoms with Gasteiger partial charge in [0.25, 0.3) is 0 Å². The van der Waals surface area contributed by atoms with E-state index in [0.717, 1.165) is 11.1 Å². The molecule has 0 radical (unpaired) electrons. The molecule has 1 fully saturated rings. The number of nitrogens with zero attached hydrogens (tertiary/aromatic N) is 2. The Labute approximate surface area is 195 Å². The maximum Gasteiger partial charge on any atom is 0.410 e. The zero-order chi connectivity index (χ0) is 23.8. The zero-order valence-electron chi connectivity index (χ0n) is 19.5. The molecule has 1 saturated heterocycles. The topological polar surface area (TPSA) is 76.2 Å². The molecule has 3 rings (SSSR count). The Morgan fingerprint density at radius 1 is 0.970 bits per heavy atom. The lowest BCUT2D eigenvalue weighted by Gasteiger charge is -2.42. The van der Waals surface area contributed by atoms with Crippen molar-refractivity contribution in [2.24, 2.45) is 5.92 Å². The molecule has 2 aromatic rings. The summed E-state index contributed by atoms with van der Waals surface area (Å²) >= 11 is 0. The summed E-state index contributed by atoms with van der Waals surface area (Å²) in [6, 6.07) is 17.5. The van der Waals surface area contributed by atoms with E-state index in [2.05, 4.69) is 0 Å². The van der Waals surface area contributed by atoms with Crippen LogP contribution in [0.4, 0.5) is 4.79 Å². The first-order chi connectivity index (χ1) is 15.9. The van der Waals surface area contributed by atoms with Crippen molar-refractivity contribution in [2.75, 3.05) is 20.2 Å². The molecular formula is C26H32N2O5. The van der Waals surface area contributed by atoms with Crippen LogP contribution >= 0.6 is 0 Å². The average Bonchev–Trinajstić information content (AvgIpc) is 2.83. The number of benzene rings is 2. The third-order valence-electron chi connectivity index (χ3n) is 5.78. The van der Waals surface area contributed by atoms with Crippen molar-refractivity contribution >= 4 is 18.0 Å². The first-order valence-corrected chi connectivity index (χ1v) is 11.3. The third kappa shape index (κ3) is 6.34. The first kappa shape index (κ1) is 24.3. The molecule has 2 unspecified atom stereocenters. The van der Waals surface area contributed by atoms with Crippen LogP contribution in [-0.2, 0) is 32.1 Å². The molecule has 0 N–H and O–H groups in total. The Hall–Kier alpha value is -3.35. The zero-order valence-corrected chi connectivity index (χ0v) is 19.5. The standard InChI is InChI=1S/C26H32N2O5/c1-19(2)16-23(25(30)32-3)27-14-15-28(26(31)33-18-21-12-8-5-9-13-21)22(24(27)29)17-20-10-6-4-7-11-20/h4-13,19,22-23H,14-18H2,1-3H3. The number of piperazine rings is 1. The summed E-state index contributed by atoms with van der Waals surface area (Å²) in [6.45, 7) is 4.65. The van der Waals surface area contributed by atoms with Gasteiger partial charge in [0.05, 0.1) is 7.11 Å².